The zero-order valence-corrected chi connectivity index (χ0v) is 13.2. The van der Waals surface area contributed by atoms with Crippen LogP contribution in [0.3, 0.4) is 0 Å². The summed E-state index contributed by atoms with van der Waals surface area (Å²) in [6.45, 7) is 0.729. The maximum Gasteiger partial charge on any atom is 0.244 e. The van der Waals surface area contributed by atoms with Crippen molar-refractivity contribution in [2.75, 3.05) is 19.0 Å². The molecule has 0 radical (unpaired) electrons. The van der Waals surface area contributed by atoms with Gasteiger partial charge in [0.1, 0.15) is 11.9 Å². The molecule has 0 fully saturated rings. The number of anilines is 1. The zero-order valence-electron chi connectivity index (χ0n) is 11.6. The second kappa shape index (κ2) is 7.35. The van der Waals surface area contributed by atoms with Crippen molar-refractivity contribution in [3.05, 3.63) is 46.6 Å². The van der Waals surface area contributed by atoms with Crippen LogP contribution in [0.25, 0.3) is 0 Å². The fourth-order valence-electron chi connectivity index (χ4n) is 1.85. The third-order valence-electron chi connectivity index (χ3n) is 2.87. The molecule has 1 heterocycles. The van der Waals surface area contributed by atoms with E-state index in [2.05, 4.69) is 26.3 Å². The van der Waals surface area contributed by atoms with E-state index in [1.54, 1.807) is 16.9 Å². The predicted molar refractivity (Wildman–Crippen MR) is 84.0 cm³/mol. The quantitative estimate of drug-likeness (QED) is 0.827. The van der Waals surface area contributed by atoms with Crippen molar-refractivity contribution in [1.82, 2.24) is 9.78 Å². The van der Waals surface area contributed by atoms with Crippen LogP contribution in [-0.4, -0.2) is 35.4 Å². The Labute approximate surface area is 131 Å². The molecule has 3 N–H and O–H groups in total. The van der Waals surface area contributed by atoms with Crippen molar-refractivity contribution < 1.29 is 9.53 Å². The van der Waals surface area contributed by atoms with Gasteiger partial charge in [0.05, 0.1) is 19.3 Å². The molecule has 112 valence electrons. The van der Waals surface area contributed by atoms with Gasteiger partial charge in [0.25, 0.3) is 0 Å². The van der Waals surface area contributed by atoms with Gasteiger partial charge in [-0.3, -0.25) is 4.79 Å². The zero-order chi connectivity index (χ0) is 15.2. The smallest absolute Gasteiger partial charge is 0.244 e. The van der Waals surface area contributed by atoms with Crippen LogP contribution >= 0.6 is 15.9 Å². The summed E-state index contributed by atoms with van der Waals surface area (Å²) in [7, 11) is 1.50. The van der Waals surface area contributed by atoms with Crippen molar-refractivity contribution >= 4 is 27.7 Å². The molecule has 0 aliphatic rings. The van der Waals surface area contributed by atoms with Crippen LogP contribution in [0.1, 0.15) is 5.56 Å². The Morgan fingerprint density at radius 2 is 2.33 bits per heavy atom. The number of carbonyl (C=O) groups excluding carboxylic acids is 1. The molecular formula is C14H17BrN4O2. The van der Waals surface area contributed by atoms with Crippen LogP contribution in [0.5, 0.6) is 0 Å². The van der Waals surface area contributed by atoms with E-state index >= 15 is 0 Å². The number of nitrogens with zero attached hydrogens (tertiary/aromatic N) is 2. The number of carbonyl (C=O) groups is 1. The lowest BCUT2D eigenvalue weighted by molar-refractivity contribution is -0.118. The highest BCUT2D eigenvalue weighted by molar-refractivity contribution is 9.10. The molecule has 1 atom stereocenters. The number of hydrogen-bond donors (Lipinski definition) is 2. The van der Waals surface area contributed by atoms with Crippen LogP contribution in [-0.2, 0) is 16.1 Å². The van der Waals surface area contributed by atoms with E-state index in [9.17, 15) is 4.79 Å². The lowest BCUT2D eigenvalue weighted by Gasteiger charge is -2.13. The molecule has 2 aromatic rings. The summed E-state index contributed by atoms with van der Waals surface area (Å²) >= 11 is 3.43. The summed E-state index contributed by atoms with van der Waals surface area (Å²) < 4.78 is 7.58. The largest absolute Gasteiger partial charge is 0.383 e. The summed E-state index contributed by atoms with van der Waals surface area (Å²) in [5, 5.41) is 6.97. The molecular weight excluding hydrogens is 336 g/mol. The van der Waals surface area contributed by atoms with Gasteiger partial charge in [-0.15, -0.1) is 0 Å². The Bertz CT molecular complexity index is 615. The second-order valence-electron chi connectivity index (χ2n) is 4.56. The topological polar surface area (TPSA) is 82.2 Å². The highest BCUT2D eigenvalue weighted by atomic mass is 79.9. The van der Waals surface area contributed by atoms with Gasteiger partial charge < -0.3 is 15.8 Å². The number of hydrogen-bond acceptors (Lipinski definition) is 4. The van der Waals surface area contributed by atoms with E-state index in [-0.39, 0.29) is 12.5 Å². The summed E-state index contributed by atoms with van der Waals surface area (Å²) in [4.78, 5) is 11.9. The SMILES string of the molecule is COCC(N)C(=O)Nc1ccnn1Cc1cccc(Br)c1. The number of amides is 1. The number of nitrogens with one attached hydrogen (secondary N) is 1. The minimum Gasteiger partial charge on any atom is -0.383 e. The monoisotopic (exact) mass is 352 g/mol. The van der Waals surface area contributed by atoms with E-state index in [0.717, 1.165) is 10.0 Å². The average Bonchev–Trinajstić information content (AvgIpc) is 2.86. The molecule has 1 aromatic heterocycles. The number of aromatic nitrogens is 2. The number of nitrogens with two attached hydrogens (primary N) is 1. The van der Waals surface area contributed by atoms with Crippen molar-refractivity contribution in [1.29, 1.82) is 0 Å². The van der Waals surface area contributed by atoms with Crippen molar-refractivity contribution in [3.63, 3.8) is 0 Å². The first kappa shape index (κ1) is 15.7. The van der Waals surface area contributed by atoms with E-state index in [0.29, 0.717) is 12.4 Å². The van der Waals surface area contributed by atoms with Gasteiger partial charge in [-0.05, 0) is 17.7 Å². The third kappa shape index (κ3) is 4.38. The summed E-state index contributed by atoms with van der Waals surface area (Å²) in [6, 6.07) is 8.94. The van der Waals surface area contributed by atoms with Crippen LogP contribution in [0.2, 0.25) is 0 Å². The summed E-state index contributed by atoms with van der Waals surface area (Å²) in [6.07, 6.45) is 1.63. The Hall–Kier alpha value is -1.70. The van der Waals surface area contributed by atoms with Gasteiger partial charge in [-0.2, -0.15) is 5.10 Å². The van der Waals surface area contributed by atoms with Crippen molar-refractivity contribution in [2.24, 2.45) is 5.73 Å². The molecule has 0 bridgehead atoms. The normalized spacial score (nSPS) is 12.1. The van der Waals surface area contributed by atoms with Gasteiger partial charge in [0, 0.05) is 17.6 Å². The van der Waals surface area contributed by atoms with Gasteiger partial charge >= 0.3 is 0 Å². The minimum absolute atomic E-state index is 0.172. The van der Waals surface area contributed by atoms with Crippen molar-refractivity contribution in [3.8, 4) is 0 Å². The molecule has 0 aliphatic carbocycles. The first-order valence-electron chi connectivity index (χ1n) is 6.42. The van der Waals surface area contributed by atoms with Crippen LogP contribution in [0.15, 0.2) is 41.0 Å². The Balaban J connectivity index is 2.06. The fraction of sp³-hybridized carbons (Fsp3) is 0.286. The third-order valence-corrected chi connectivity index (χ3v) is 3.37. The lowest BCUT2D eigenvalue weighted by atomic mass is 10.2. The highest BCUT2D eigenvalue weighted by Gasteiger charge is 2.15. The minimum atomic E-state index is -0.704. The molecule has 1 aromatic carbocycles. The number of ether oxygens (including phenoxy) is 1. The molecule has 1 unspecified atom stereocenters. The molecule has 0 saturated carbocycles. The number of halogens is 1. The molecule has 6 nitrogen and oxygen atoms in total. The Morgan fingerprint density at radius 1 is 1.52 bits per heavy atom. The highest BCUT2D eigenvalue weighted by Crippen LogP contribution is 2.15. The Morgan fingerprint density at radius 3 is 3.05 bits per heavy atom. The molecule has 0 spiro atoms. The standard InChI is InChI=1S/C14H17BrN4O2/c1-21-9-12(16)14(20)18-13-5-6-17-19(13)8-10-3-2-4-11(15)7-10/h2-7,12H,8-9,16H2,1H3,(H,18,20). The average molecular weight is 353 g/mol. The molecule has 1 amide bonds. The molecule has 2 rings (SSSR count). The van der Waals surface area contributed by atoms with Crippen LogP contribution in [0, 0.1) is 0 Å². The maximum absolute atomic E-state index is 11.9. The summed E-state index contributed by atoms with van der Waals surface area (Å²) in [5.41, 5.74) is 6.77. The van der Waals surface area contributed by atoms with E-state index in [1.165, 1.54) is 7.11 Å². The maximum atomic E-state index is 11.9. The second-order valence-corrected chi connectivity index (χ2v) is 5.47. The molecule has 0 saturated heterocycles. The molecule has 7 heteroatoms. The predicted octanol–water partition coefficient (Wildman–Crippen LogP) is 1.61. The number of rotatable bonds is 6. The fourth-order valence-corrected chi connectivity index (χ4v) is 2.29. The van der Waals surface area contributed by atoms with Crippen LogP contribution in [0.4, 0.5) is 5.82 Å². The molecule has 0 aliphatic heterocycles. The Kier molecular flexibility index (Phi) is 5.49. The molecule has 21 heavy (non-hydrogen) atoms. The van der Waals surface area contributed by atoms with E-state index < -0.39 is 6.04 Å². The lowest BCUT2D eigenvalue weighted by Crippen LogP contribution is -2.39. The van der Waals surface area contributed by atoms with Gasteiger partial charge in [0.2, 0.25) is 5.91 Å². The summed E-state index contributed by atoms with van der Waals surface area (Å²) in [5.74, 6) is 0.305. The first-order valence-corrected chi connectivity index (χ1v) is 7.21. The van der Waals surface area contributed by atoms with E-state index in [4.69, 9.17) is 10.5 Å². The van der Waals surface area contributed by atoms with Gasteiger partial charge in [-0.25, -0.2) is 4.68 Å². The van der Waals surface area contributed by atoms with Gasteiger partial charge in [0.15, 0.2) is 0 Å². The number of methoxy groups -OCH3 is 1. The van der Waals surface area contributed by atoms with Crippen molar-refractivity contribution in [2.45, 2.75) is 12.6 Å². The van der Waals surface area contributed by atoms with E-state index in [1.807, 2.05) is 24.3 Å². The van der Waals surface area contributed by atoms with Crippen LogP contribution < -0.4 is 11.1 Å². The number of benzene rings is 1. The van der Waals surface area contributed by atoms with Gasteiger partial charge in [-0.1, -0.05) is 28.1 Å². The first-order chi connectivity index (χ1) is 10.1.